The van der Waals surface area contributed by atoms with Gasteiger partial charge in [0.05, 0.1) is 18.6 Å². The first kappa shape index (κ1) is 14.9. The second-order valence-electron chi connectivity index (χ2n) is 6.15. The molecule has 5 nitrogen and oxygen atoms in total. The Kier molecular flexibility index (Phi) is 3.78. The van der Waals surface area contributed by atoms with Gasteiger partial charge in [0.2, 0.25) is 0 Å². The van der Waals surface area contributed by atoms with E-state index in [-0.39, 0.29) is 0 Å². The molecular weight excluding hydrogens is 300 g/mol. The number of aryl methyl sites for hydroxylation is 2. The fourth-order valence-electron chi connectivity index (χ4n) is 2.94. The zero-order chi connectivity index (χ0) is 16.5. The number of hydrogen-bond donors (Lipinski definition) is 2. The zero-order valence-electron chi connectivity index (χ0n) is 13.9. The standard InChI is InChI=1S/C19H20N4O/c1-12-3-4-15(9-13(12)2)22-18-16-10-17(14-5-7-24-8-6-14)23-19(16)21-11-20-18/h3-5,9-11H,6-8H2,1-2H3,(H2,20,21,22,23). The van der Waals surface area contributed by atoms with Crippen LogP contribution in [0.3, 0.4) is 0 Å². The summed E-state index contributed by atoms with van der Waals surface area (Å²) in [6.45, 7) is 5.66. The van der Waals surface area contributed by atoms with Crippen molar-refractivity contribution in [2.24, 2.45) is 0 Å². The van der Waals surface area contributed by atoms with Gasteiger partial charge in [0.15, 0.2) is 0 Å². The van der Waals surface area contributed by atoms with Crippen molar-refractivity contribution in [3.63, 3.8) is 0 Å². The maximum atomic E-state index is 5.39. The highest BCUT2D eigenvalue weighted by atomic mass is 16.5. The molecule has 0 saturated heterocycles. The van der Waals surface area contributed by atoms with Gasteiger partial charge in [0.1, 0.15) is 17.8 Å². The molecule has 0 radical (unpaired) electrons. The minimum atomic E-state index is 0.671. The Bertz CT molecular complexity index is 926. The molecule has 1 aliphatic rings. The molecule has 24 heavy (non-hydrogen) atoms. The van der Waals surface area contributed by atoms with Gasteiger partial charge < -0.3 is 15.0 Å². The third-order valence-corrected chi connectivity index (χ3v) is 4.50. The Morgan fingerprint density at radius 3 is 2.83 bits per heavy atom. The quantitative estimate of drug-likeness (QED) is 0.762. The molecule has 0 saturated carbocycles. The van der Waals surface area contributed by atoms with Crippen LogP contribution in [-0.4, -0.2) is 28.2 Å². The molecule has 3 aromatic rings. The number of fused-ring (bicyclic) bond motifs is 1. The van der Waals surface area contributed by atoms with E-state index in [1.807, 2.05) is 0 Å². The lowest BCUT2D eigenvalue weighted by molar-refractivity contribution is 0.161. The summed E-state index contributed by atoms with van der Waals surface area (Å²) in [6, 6.07) is 8.45. The van der Waals surface area contributed by atoms with Crippen LogP contribution in [0.2, 0.25) is 0 Å². The number of rotatable bonds is 3. The normalized spacial score (nSPS) is 14.7. The minimum absolute atomic E-state index is 0.671. The van der Waals surface area contributed by atoms with E-state index in [1.54, 1.807) is 6.33 Å². The predicted molar refractivity (Wildman–Crippen MR) is 96.5 cm³/mol. The van der Waals surface area contributed by atoms with E-state index in [9.17, 15) is 0 Å². The largest absolute Gasteiger partial charge is 0.377 e. The van der Waals surface area contributed by atoms with Gasteiger partial charge in [-0.1, -0.05) is 12.1 Å². The molecule has 5 heteroatoms. The lowest BCUT2D eigenvalue weighted by atomic mass is 10.1. The summed E-state index contributed by atoms with van der Waals surface area (Å²) in [7, 11) is 0. The molecule has 1 aromatic carbocycles. The van der Waals surface area contributed by atoms with E-state index < -0.39 is 0 Å². The Hall–Kier alpha value is -2.66. The number of hydrogen-bond acceptors (Lipinski definition) is 4. The van der Waals surface area contributed by atoms with Crippen LogP contribution in [0.15, 0.2) is 36.7 Å². The zero-order valence-corrected chi connectivity index (χ0v) is 13.9. The molecule has 2 N–H and O–H groups in total. The summed E-state index contributed by atoms with van der Waals surface area (Å²) in [5.41, 5.74) is 6.79. The van der Waals surface area contributed by atoms with Crippen molar-refractivity contribution in [3.8, 4) is 0 Å². The number of aromatic nitrogens is 3. The molecule has 0 fully saturated rings. The van der Waals surface area contributed by atoms with Crippen LogP contribution in [0.5, 0.6) is 0 Å². The fourth-order valence-corrected chi connectivity index (χ4v) is 2.94. The first-order valence-corrected chi connectivity index (χ1v) is 8.16. The summed E-state index contributed by atoms with van der Waals surface area (Å²) >= 11 is 0. The number of nitrogens with one attached hydrogen (secondary N) is 2. The number of anilines is 2. The molecule has 0 spiro atoms. The van der Waals surface area contributed by atoms with Crippen molar-refractivity contribution in [2.75, 3.05) is 18.5 Å². The van der Waals surface area contributed by atoms with E-state index in [0.717, 1.165) is 41.3 Å². The summed E-state index contributed by atoms with van der Waals surface area (Å²) in [6.07, 6.45) is 4.63. The van der Waals surface area contributed by atoms with Crippen LogP contribution in [-0.2, 0) is 4.74 Å². The lowest BCUT2D eigenvalue weighted by Gasteiger charge is -2.11. The van der Waals surface area contributed by atoms with Crippen molar-refractivity contribution in [1.82, 2.24) is 15.0 Å². The highest BCUT2D eigenvalue weighted by Crippen LogP contribution is 2.29. The Labute approximate surface area is 140 Å². The summed E-state index contributed by atoms with van der Waals surface area (Å²) in [5.74, 6) is 0.818. The molecule has 0 aliphatic carbocycles. The molecule has 1 aliphatic heterocycles. The van der Waals surface area contributed by atoms with Gasteiger partial charge in [0.25, 0.3) is 0 Å². The van der Waals surface area contributed by atoms with Gasteiger partial charge in [-0.25, -0.2) is 9.97 Å². The second-order valence-corrected chi connectivity index (χ2v) is 6.15. The lowest BCUT2D eigenvalue weighted by Crippen LogP contribution is -2.03. The number of nitrogens with zero attached hydrogens (tertiary/aromatic N) is 2. The topological polar surface area (TPSA) is 62.8 Å². The van der Waals surface area contributed by atoms with Crippen molar-refractivity contribution in [1.29, 1.82) is 0 Å². The monoisotopic (exact) mass is 320 g/mol. The molecule has 0 amide bonds. The fraction of sp³-hybridized carbons (Fsp3) is 0.263. The first-order valence-electron chi connectivity index (χ1n) is 8.16. The van der Waals surface area contributed by atoms with Gasteiger partial charge in [-0.3, -0.25) is 0 Å². The minimum Gasteiger partial charge on any atom is -0.377 e. The average Bonchev–Trinajstić information content (AvgIpc) is 3.04. The Morgan fingerprint density at radius 2 is 2.04 bits per heavy atom. The first-order chi connectivity index (χ1) is 11.7. The van der Waals surface area contributed by atoms with E-state index in [4.69, 9.17) is 4.74 Å². The van der Waals surface area contributed by atoms with Crippen LogP contribution >= 0.6 is 0 Å². The van der Waals surface area contributed by atoms with E-state index in [2.05, 4.69) is 64.5 Å². The molecule has 2 aromatic heterocycles. The maximum Gasteiger partial charge on any atom is 0.143 e. The van der Waals surface area contributed by atoms with Crippen molar-refractivity contribution in [3.05, 3.63) is 53.5 Å². The van der Waals surface area contributed by atoms with Gasteiger partial charge in [-0.2, -0.15) is 0 Å². The van der Waals surface area contributed by atoms with Gasteiger partial charge in [0, 0.05) is 11.4 Å². The van der Waals surface area contributed by atoms with Crippen molar-refractivity contribution < 1.29 is 4.74 Å². The van der Waals surface area contributed by atoms with Gasteiger partial charge in [-0.15, -0.1) is 0 Å². The van der Waals surface area contributed by atoms with Crippen LogP contribution in [0.1, 0.15) is 23.2 Å². The van der Waals surface area contributed by atoms with E-state index in [0.29, 0.717) is 6.61 Å². The summed E-state index contributed by atoms with van der Waals surface area (Å²) in [5, 5.41) is 4.41. The average molecular weight is 320 g/mol. The molecule has 0 bridgehead atoms. The maximum absolute atomic E-state index is 5.39. The third kappa shape index (κ3) is 2.78. The van der Waals surface area contributed by atoms with Crippen molar-refractivity contribution >= 4 is 28.1 Å². The molecule has 0 unspecified atom stereocenters. The van der Waals surface area contributed by atoms with Gasteiger partial charge in [-0.05, 0) is 55.2 Å². The molecule has 3 heterocycles. The Morgan fingerprint density at radius 1 is 1.12 bits per heavy atom. The third-order valence-electron chi connectivity index (χ3n) is 4.50. The van der Waals surface area contributed by atoms with Crippen LogP contribution in [0, 0.1) is 13.8 Å². The number of aromatic amines is 1. The Balaban J connectivity index is 1.71. The molecule has 4 rings (SSSR count). The highest BCUT2D eigenvalue weighted by molar-refractivity contribution is 5.92. The predicted octanol–water partition coefficient (Wildman–Crippen LogP) is 4.12. The van der Waals surface area contributed by atoms with Crippen LogP contribution in [0.4, 0.5) is 11.5 Å². The smallest absolute Gasteiger partial charge is 0.143 e. The molecular formula is C19H20N4O. The van der Waals surface area contributed by atoms with Crippen LogP contribution in [0.25, 0.3) is 16.6 Å². The highest BCUT2D eigenvalue weighted by Gasteiger charge is 2.13. The molecule has 0 atom stereocenters. The van der Waals surface area contributed by atoms with E-state index in [1.165, 1.54) is 16.7 Å². The van der Waals surface area contributed by atoms with Crippen LogP contribution < -0.4 is 5.32 Å². The SMILES string of the molecule is Cc1ccc(Nc2ncnc3[nH]c(C4=CCOCC4)cc23)cc1C. The second kappa shape index (κ2) is 6.09. The number of benzene rings is 1. The van der Waals surface area contributed by atoms with Crippen molar-refractivity contribution in [2.45, 2.75) is 20.3 Å². The summed E-state index contributed by atoms with van der Waals surface area (Å²) < 4.78 is 5.39. The molecule has 122 valence electrons. The number of ether oxygens (including phenoxy) is 1. The van der Waals surface area contributed by atoms with E-state index >= 15 is 0 Å². The summed E-state index contributed by atoms with van der Waals surface area (Å²) in [4.78, 5) is 12.2. The van der Waals surface area contributed by atoms with Gasteiger partial charge >= 0.3 is 0 Å². The number of H-pyrrole nitrogens is 1.